The lowest BCUT2D eigenvalue weighted by atomic mass is 9.76. The van der Waals surface area contributed by atoms with E-state index in [0.29, 0.717) is 5.41 Å². The van der Waals surface area contributed by atoms with Crippen LogP contribution in [0.1, 0.15) is 35.8 Å². The standard InChI is InChI=1S/C23H21F6N3O6S/c1-10-16(12-5-4-11(8-15(12)36-3)37-23(27,28)29)18(38-21(10,2)22(24,25)26)14-9-39(34,35)19-13(32-14)6-7-31-17(19)20(30)33/h4-10,16,18,32H,1-3H3,(H2,30,33)/t10-,16-,18-,21+/m0/s1. The number of carbonyl (C=O) groups excluding carboxylic acids is 1. The van der Waals surface area contributed by atoms with E-state index in [1.807, 2.05) is 0 Å². The number of hydrogen-bond acceptors (Lipinski definition) is 8. The Kier molecular flexibility index (Phi) is 6.78. The van der Waals surface area contributed by atoms with E-state index in [1.165, 1.54) is 13.0 Å². The zero-order valence-electron chi connectivity index (χ0n) is 20.3. The maximum Gasteiger partial charge on any atom is 0.573 e. The van der Waals surface area contributed by atoms with Crippen molar-refractivity contribution in [3.05, 3.63) is 52.8 Å². The molecule has 1 fully saturated rings. The van der Waals surface area contributed by atoms with E-state index in [4.69, 9.17) is 15.2 Å². The second kappa shape index (κ2) is 9.29. The number of anilines is 1. The molecule has 0 unspecified atom stereocenters. The Morgan fingerprint density at radius 2 is 1.85 bits per heavy atom. The number of nitrogens with zero attached hydrogens (tertiary/aromatic N) is 1. The fraction of sp³-hybridized carbons (Fsp3) is 0.391. The molecule has 3 heterocycles. The number of aromatic nitrogens is 1. The summed E-state index contributed by atoms with van der Waals surface area (Å²) in [6.07, 6.45) is -10.5. The molecule has 4 atom stereocenters. The first-order valence-corrected chi connectivity index (χ1v) is 12.6. The third-order valence-electron chi connectivity index (χ3n) is 6.76. The van der Waals surface area contributed by atoms with Gasteiger partial charge in [0, 0.05) is 29.7 Å². The summed E-state index contributed by atoms with van der Waals surface area (Å²) in [5.74, 6) is -4.74. The van der Waals surface area contributed by atoms with Gasteiger partial charge in [0.2, 0.25) is 9.84 Å². The summed E-state index contributed by atoms with van der Waals surface area (Å²) in [6, 6.07) is 4.04. The molecule has 1 aromatic carbocycles. The van der Waals surface area contributed by atoms with Gasteiger partial charge in [-0.3, -0.25) is 4.79 Å². The predicted molar refractivity (Wildman–Crippen MR) is 123 cm³/mol. The van der Waals surface area contributed by atoms with Gasteiger partial charge in [0.1, 0.15) is 28.2 Å². The van der Waals surface area contributed by atoms with Crippen molar-refractivity contribution < 1.29 is 53.8 Å². The number of benzene rings is 1. The minimum absolute atomic E-state index is 0.0101. The van der Waals surface area contributed by atoms with Crippen LogP contribution >= 0.6 is 0 Å². The Morgan fingerprint density at radius 1 is 1.18 bits per heavy atom. The van der Waals surface area contributed by atoms with Gasteiger partial charge in [-0.15, -0.1) is 13.2 Å². The molecule has 3 N–H and O–H groups in total. The maximum absolute atomic E-state index is 14.3. The third kappa shape index (κ3) is 4.97. The average Bonchev–Trinajstić information content (AvgIpc) is 3.08. The molecule has 2 aliphatic rings. The first-order chi connectivity index (χ1) is 17.9. The molecule has 0 saturated carbocycles. The largest absolute Gasteiger partial charge is 0.573 e. The fourth-order valence-corrected chi connectivity index (χ4v) is 6.28. The number of methoxy groups -OCH3 is 1. The highest BCUT2D eigenvalue weighted by Gasteiger charge is 2.65. The Bertz CT molecular complexity index is 1460. The number of nitrogens with one attached hydrogen (secondary N) is 1. The van der Waals surface area contributed by atoms with E-state index in [0.717, 1.165) is 38.4 Å². The topological polar surface area (TPSA) is 130 Å². The summed E-state index contributed by atoms with van der Waals surface area (Å²) in [7, 11) is -3.37. The molecule has 39 heavy (non-hydrogen) atoms. The molecule has 2 aromatic rings. The number of rotatable bonds is 5. The minimum Gasteiger partial charge on any atom is -0.496 e. The number of fused-ring (bicyclic) bond motifs is 1. The van der Waals surface area contributed by atoms with Crippen LogP contribution in [0.25, 0.3) is 0 Å². The summed E-state index contributed by atoms with van der Waals surface area (Å²) < 4.78 is 122. The lowest BCUT2D eigenvalue weighted by molar-refractivity contribution is -0.274. The summed E-state index contributed by atoms with van der Waals surface area (Å²) in [6.45, 7) is 2.01. The Morgan fingerprint density at radius 3 is 2.41 bits per heavy atom. The van der Waals surface area contributed by atoms with Crippen LogP contribution in [0.3, 0.4) is 0 Å². The number of sulfone groups is 1. The highest BCUT2D eigenvalue weighted by molar-refractivity contribution is 7.94. The van der Waals surface area contributed by atoms with E-state index in [1.54, 1.807) is 0 Å². The predicted octanol–water partition coefficient (Wildman–Crippen LogP) is 4.27. The van der Waals surface area contributed by atoms with Gasteiger partial charge in [-0.2, -0.15) is 13.2 Å². The molecule has 1 saturated heterocycles. The number of hydrogen-bond donors (Lipinski definition) is 2. The van der Waals surface area contributed by atoms with Crippen LogP contribution in [0.4, 0.5) is 32.0 Å². The molecular weight excluding hydrogens is 560 g/mol. The number of primary amides is 1. The van der Waals surface area contributed by atoms with Crippen molar-refractivity contribution in [1.29, 1.82) is 0 Å². The summed E-state index contributed by atoms with van der Waals surface area (Å²) in [5.41, 5.74) is 1.38. The summed E-state index contributed by atoms with van der Waals surface area (Å²) in [5, 5.41) is 3.32. The zero-order valence-corrected chi connectivity index (χ0v) is 21.2. The Hall–Kier alpha value is -3.53. The highest BCUT2D eigenvalue weighted by Crippen LogP contribution is 2.56. The molecule has 4 rings (SSSR count). The van der Waals surface area contributed by atoms with Crippen molar-refractivity contribution in [2.75, 3.05) is 12.4 Å². The molecular formula is C23H21F6N3O6S. The molecule has 0 aliphatic carbocycles. The Balaban J connectivity index is 1.88. The van der Waals surface area contributed by atoms with E-state index in [-0.39, 0.29) is 22.7 Å². The van der Waals surface area contributed by atoms with Gasteiger partial charge >= 0.3 is 12.5 Å². The van der Waals surface area contributed by atoms with E-state index < -0.39 is 68.2 Å². The maximum atomic E-state index is 14.3. The lowest BCUT2D eigenvalue weighted by Crippen LogP contribution is -2.47. The molecule has 16 heteroatoms. The van der Waals surface area contributed by atoms with Crippen LogP contribution in [-0.4, -0.2) is 50.7 Å². The number of pyridine rings is 1. The molecule has 0 bridgehead atoms. The number of amides is 1. The average molecular weight is 581 g/mol. The summed E-state index contributed by atoms with van der Waals surface area (Å²) in [4.78, 5) is 14.9. The Labute approximate surface area is 217 Å². The van der Waals surface area contributed by atoms with Crippen LogP contribution in [0.15, 0.2) is 46.5 Å². The van der Waals surface area contributed by atoms with E-state index in [9.17, 15) is 39.6 Å². The van der Waals surface area contributed by atoms with Gasteiger partial charge in [0.15, 0.2) is 5.60 Å². The van der Waals surface area contributed by atoms with Crippen molar-refractivity contribution in [3.8, 4) is 11.5 Å². The lowest BCUT2D eigenvalue weighted by Gasteiger charge is -2.32. The third-order valence-corrected chi connectivity index (χ3v) is 8.30. The monoisotopic (exact) mass is 581 g/mol. The quantitative estimate of drug-likeness (QED) is 0.501. The van der Waals surface area contributed by atoms with Crippen molar-refractivity contribution in [2.24, 2.45) is 11.7 Å². The second-order valence-electron chi connectivity index (χ2n) is 9.05. The SMILES string of the molecule is COc1cc(OC(F)(F)F)ccc1[C@H]1[C@H](C2=CS(=O)(=O)c3c(ccnc3C(N)=O)N2)O[C@@](C)(C(F)(F)F)[C@H]1C. The number of ether oxygens (including phenoxy) is 3. The van der Waals surface area contributed by atoms with Crippen LogP contribution in [-0.2, 0) is 14.6 Å². The first kappa shape index (κ1) is 28.5. The number of alkyl halides is 6. The van der Waals surface area contributed by atoms with Crippen molar-refractivity contribution in [3.63, 3.8) is 0 Å². The van der Waals surface area contributed by atoms with Gasteiger partial charge in [0.25, 0.3) is 5.91 Å². The van der Waals surface area contributed by atoms with Crippen LogP contribution in [0, 0.1) is 5.92 Å². The zero-order chi connectivity index (χ0) is 29.1. The van der Waals surface area contributed by atoms with E-state index >= 15 is 0 Å². The van der Waals surface area contributed by atoms with Crippen LogP contribution < -0.4 is 20.5 Å². The van der Waals surface area contributed by atoms with Crippen molar-refractivity contribution in [2.45, 2.75) is 48.9 Å². The molecule has 212 valence electrons. The van der Waals surface area contributed by atoms with Gasteiger partial charge < -0.3 is 25.3 Å². The van der Waals surface area contributed by atoms with Gasteiger partial charge in [-0.25, -0.2) is 13.4 Å². The number of nitrogens with two attached hydrogens (primary N) is 1. The van der Waals surface area contributed by atoms with Gasteiger partial charge in [0.05, 0.1) is 23.9 Å². The van der Waals surface area contributed by atoms with E-state index in [2.05, 4.69) is 15.0 Å². The van der Waals surface area contributed by atoms with Crippen molar-refractivity contribution >= 4 is 21.4 Å². The first-order valence-electron chi connectivity index (χ1n) is 11.1. The minimum atomic E-state index is -5.04. The number of halogens is 6. The molecule has 9 nitrogen and oxygen atoms in total. The van der Waals surface area contributed by atoms with Crippen LogP contribution in [0.5, 0.6) is 11.5 Å². The molecule has 0 spiro atoms. The fourth-order valence-electron chi connectivity index (χ4n) is 4.79. The van der Waals surface area contributed by atoms with Crippen LogP contribution in [0.2, 0.25) is 0 Å². The highest BCUT2D eigenvalue weighted by atomic mass is 32.2. The molecule has 1 aromatic heterocycles. The second-order valence-corrected chi connectivity index (χ2v) is 10.8. The smallest absolute Gasteiger partial charge is 0.496 e. The van der Waals surface area contributed by atoms with Crippen molar-refractivity contribution in [1.82, 2.24) is 4.98 Å². The molecule has 0 radical (unpaired) electrons. The number of carbonyl (C=O) groups is 1. The molecule has 2 aliphatic heterocycles. The van der Waals surface area contributed by atoms with Gasteiger partial charge in [-0.1, -0.05) is 13.0 Å². The molecule has 1 amide bonds. The normalized spacial score (nSPS) is 26.3. The van der Waals surface area contributed by atoms with Gasteiger partial charge in [-0.05, 0) is 19.1 Å². The summed E-state index contributed by atoms with van der Waals surface area (Å²) >= 11 is 0.